The molecular formula is C50H41N5. The summed E-state index contributed by atoms with van der Waals surface area (Å²) in [6.45, 7) is 4.62. The monoisotopic (exact) mass is 711 g/mol. The third-order valence-electron chi connectivity index (χ3n) is 11.2. The minimum absolute atomic E-state index is 0.218. The molecule has 2 aliphatic rings. The van der Waals surface area contributed by atoms with Gasteiger partial charge in [-0.3, -0.25) is 14.9 Å². The fourth-order valence-corrected chi connectivity index (χ4v) is 8.57. The lowest BCUT2D eigenvalue weighted by Crippen LogP contribution is -2.32. The molecule has 0 N–H and O–H groups in total. The van der Waals surface area contributed by atoms with Crippen LogP contribution in [0.5, 0.6) is 0 Å². The van der Waals surface area contributed by atoms with E-state index in [2.05, 4.69) is 185 Å². The van der Waals surface area contributed by atoms with Gasteiger partial charge in [-0.2, -0.15) is 0 Å². The molecule has 7 aromatic rings. The van der Waals surface area contributed by atoms with Crippen molar-refractivity contribution in [1.29, 1.82) is 0 Å². The lowest BCUT2D eigenvalue weighted by Gasteiger charge is -2.39. The average molecular weight is 712 g/mol. The van der Waals surface area contributed by atoms with Crippen LogP contribution in [0.1, 0.15) is 65.6 Å². The molecule has 0 saturated carbocycles. The number of rotatable bonds is 9. The van der Waals surface area contributed by atoms with Crippen LogP contribution < -0.4 is 4.90 Å². The first-order valence-corrected chi connectivity index (χ1v) is 18.9. The van der Waals surface area contributed by atoms with E-state index in [1.165, 1.54) is 50.1 Å². The van der Waals surface area contributed by atoms with Crippen LogP contribution >= 0.6 is 0 Å². The predicted octanol–water partition coefficient (Wildman–Crippen LogP) is 11.8. The van der Waals surface area contributed by atoms with Gasteiger partial charge in [-0.15, -0.1) is 0 Å². The summed E-state index contributed by atoms with van der Waals surface area (Å²) >= 11 is 0. The van der Waals surface area contributed by atoms with Crippen molar-refractivity contribution in [2.45, 2.75) is 37.5 Å². The molecule has 0 spiro atoms. The number of aromatic nitrogens is 4. The maximum Gasteiger partial charge on any atom is 0.157 e. The van der Waals surface area contributed by atoms with Crippen molar-refractivity contribution in [3.63, 3.8) is 0 Å². The predicted molar refractivity (Wildman–Crippen MR) is 224 cm³/mol. The second-order valence-corrected chi connectivity index (χ2v) is 14.7. The van der Waals surface area contributed by atoms with Gasteiger partial charge < -0.3 is 0 Å². The normalized spacial score (nSPS) is 14.3. The van der Waals surface area contributed by atoms with E-state index in [0.29, 0.717) is 11.6 Å². The summed E-state index contributed by atoms with van der Waals surface area (Å²) in [6, 6.07) is 44.6. The van der Waals surface area contributed by atoms with Crippen molar-refractivity contribution < 1.29 is 0 Å². The molecule has 5 heteroatoms. The molecule has 2 aromatic heterocycles. The SMILES string of the molecule is CC1(C)c2cc(/C=C/c3ccc(C(C4=CC=CCC4)(c4ccccc4)c4ccccc4)cc3)ccc2-c2ccc(N(c3cnccn3)c3cnccn3)cc21. The van der Waals surface area contributed by atoms with E-state index in [1.807, 2.05) is 4.90 Å². The molecule has 0 saturated heterocycles. The standard InChI is InChI=1S/C50H41N5/c1-49(2)45-32-37(22-26-43(45)44-27-25-42(33-46(44)49)55(47-34-51-28-30-53-47)48-35-52-29-31-54-48)19-18-36-20-23-41(24-21-36)50(38-12-6-3-7-13-38,39-14-8-4-9-15-39)40-16-10-5-11-17-40/h3-10,12-16,18-35H,11,17H2,1-2H3/b19-18+. The minimum Gasteiger partial charge on any atom is -0.276 e. The van der Waals surface area contributed by atoms with Gasteiger partial charge in [-0.25, -0.2) is 9.97 Å². The van der Waals surface area contributed by atoms with Crippen molar-refractivity contribution in [2.24, 2.45) is 0 Å². The number of hydrogen-bond acceptors (Lipinski definition) is 5. The van der Waals surface area contributed by atoms with Crippen LogP contribution in [0.25, 0.3) is 23.3 Å². The Morgan fingerprint density at radius 1 is 0.600 bits per heavy atom. The first-order valence-electron chi connectivity index (χ1n) is 18.9. The van der Waals surface area contributed by atoms with Gasteiger partial charge in [0.15, 0.2) is 11.6 Å². The molecule has 0 radical (unpaired) electrons. The average Bonchev–Trinajstić information content (AvgIpc) is 3.47. The Morgan fingerprint density at radius 3 is 1.75 bits per heavy atom. The van der Waals surface area contributed by atoms with Crippen LogP contribution in [0.4, 0.5) is 17.3 Å². The Balaban J connectivity index is 1.04. The highest BCUT2D eigenvalue weighted by atomic mass is 15.2. The summed E-state index contributed by atoms with van der Waals surface area (Å²) in [5.41, 5.74) is 13.1. The fraction of sp³-hybridized carbons (Fsp3) is 0.120. The molecule has 266 valence electrons. The van der Waals surface area contributed by atoms with Gasteiger partial charge in [-0.1, -0.05) is 159 Å². The van der Waals surface area contributed by atoms with E-state index in [9.17, 15) is 0 Å². The number of allylic oxidation sites excluding steroid dienone is 4. The Hall–Kier alpha value is -6.72. The second kappa shape index (κ2) is 14.3. The van der Waals surface area contributed by atoms with Gasteiger partial charge in [0.25, 0.3) is 0 Å². The third-order valence-corrected chi connectivity index (χ3v) is 11.2. The highest BCUT2D eigenvalue weighted by Gasteiger charge is 2.40. The van der Waals surface area contributed by atoms with Crippen molar-refractivity contribution in [3.8, 4) is 11.1 Å². The molecule has 2 heterocycles. The Labute approximate surface area is 323 Å². The zero-order valence-corrected chi connectivity index (χ0v) is 31.0. The molecule has 2 aliphatic carbocycles. The van der Waals surface area contributed by atoms with Crippen molar-refractivity contribution in [1.82, 2.24) is 19.9 Å². The van der Waals surface area contributed by atoms with Crippen molar-refractivity contribution in [2.75, 3.05) is 4.90 Å². The molecule has 5 nitrogen and oxygen atoms in total. The van der Waals surface area contributed by atoms with E-state index in [4.69, 9.17) is 0 Å². The quantitative estimate of drug-likeness (QED) is 0.110. The van der Waals surface area contributed by atoms with Crippen molar-refractivity contribution in [3.05, 3.63) is 221 Å². The number of benzene rings is 5. The summed E-state index contributed by atoms with van der Waals surface area (Å²) in [5, 5.41) is 0. The van der Waals surface area contributed by atoms with Gasteiger partial charge in [0.1, 0.15) is 0 Å². The molecule has 9 rings (SSSR count). The summed E-state index contributed by atoms with van der Waals surface area (Å²) in [5.74, 6) is 1.37. The molecule has 0 fully saturated rings. The number of fused-ring (bicyclic) bond motifs is 3. The van der Waals surface area contributed by atoms with E-state index >= 15 is 0 Å². The van der Waals surface area contributed by atoms with Crippen molar-refractivity contribution >= 4 is 29.5 Å². The van der Waals surface area contributed by atoms with Crippen LogP contribution in [0.3, 0.4) is 0 Å². The summed E-state index contributed by atoms with van der Waals surface area (Å²) in [6.07, 6.45) is 23.6. The van der Waals surface area contributed by atoms with Gasteiger partial charge in [-0.05, 0) is 75.0 Å². The van der Waals surface area contributed by atoms with Gasteiger partial charge in [0, 0.05) is 35.9 Å². The Kier molecular flexibility index (Phi) is 8.83. The third kappa shape index (κ3) is 6.08. The van der Waals surface area contributed by atoms with E-state index in [-0.39, 0.29) is 10.8 Å². The summed E-state index contributed by atoms with van der Waals surface area (Å²) in [7, 11) is 0. The molecule has 0 unspecified atom stereocenters. The van der Waals surface area contributed by atoms with Crippen LogP contribution in [0, 0.1) is 0 Å². The molecule has 0 atom stereocenters. The number of anilines is 3. The van der Waals surface area contributed by atoms with Gasteiger partial charge in [0.2, 0.25) is 0 Å². The first-order chi connectivity index (χ1) is 27.0. The zero-order chi connectivity index (χ0) is 37.2. The second-order valence-electron chi connectivity index (χ2n) is 14.7. The van der Waals surface area contributed by atoms with Crippen LogP contribution in [-0.4, -0.2) is 19.9 Å². The summed E-state index contributed by atoms with van der Waals surface area (Å²) in [4.78, 5) is 19.9. The van der Waals surface area contributed by atoms with Crippen LogP contribution in [0.2, 0.25) is 0 Å². The minimum atomic E-state index is -0.379. The Bertz CT molecular complexity index is 2460. The highest BCUT2D eigenvalue weighted by molar-refractivity contribution is 5.86. The highest BCUT2D eigenvalue weighted by Crippen LogP contribution is 2.51. The van der Waals surface area contributed by atoms with Gasteiger partial charge >= 0.3 is 0 Å². The fourth-order valence-electron chi connectivity index (χ4n) is 8.57. The van der Waals surface area contributed by atoms with Crippen LogP contribution in [0.15, 0.2) is 182 Å². The topological polar surface area (TPSA) is 54.8 Å². The lowest BCUT2D eigenvalue weighted by molar-refractivity contribution is 0.660. The van der Waals surface area contributed by atoms with E-state index in [0.717, 1.165) is 24.1 Å². The maximum absolute atomic E-state index is 4.61. The molecule has 0 amide bonds. The molecular weight excluding hydrogens is 671 g/mol. The molecule has 5 aromatic carbocycles. The lowest BCUT2D eigenvalue weighted by atomic mass is 9.63. The van der Waals surface area contributed by atoms with E-state index < -0.39 is 0 Å². The molecule has 0 aliphatic heterocycles. The van der Waals surface area contributed by atoms with Gasteiger partial charge in [0.05, 0.1) is 17.8 Å². The summed E-state index contributed by atoms with van der Waals surface area (Å²) < 4.78 is 0. The first kappa shape index (κ1) is 34.1. The molecule has 0 bridgehead atoms. The number of hydrogen-bond donors (Lipinski definition) is 0. The largest absolute Gasteiger partial charge is 0.276 e. The van der Waals surface area contributed by atoms with E-state index in [1.54, 1.807) is 37.2 Å². The maximum atomic E-state index is 4.61. The smallest absolute Gasteiger partial charge is 0.157 e. The Morgan fingerprint density at radius 2 is 1.16 bits per heavy atom. The van der Waals surface area contributed by atoms with Crippen LogP contribution in [-0.2, 0) is 10.8 Å². The number of nitrogens with zero attached hydrogens (tertiary/aromatic N) is 5. The zero-order valence-electron chi connectivity index (χ0n) is 31.0. The molecule has 55 heavy (non-hydrogen) atoms.